The van der Waals surface area contributed by atoms with Crippen LogP contribution in [0.1, 0.15) is 5.69 Å². The van der Waals surface area contributed by atoms with E-state index < -0.39 is 0 Å². The Bertz CT molecular complexity index is 262. The van der Waals surface area contributed by atoms with Crippen LogP contribution >= 0.6 is 0 Å². The zero-order valence-electron chi connectivity index (χ0n) is 8.51. The lowest BCUT2D eigenvalue weighted by atomic mass is 10.3. The molecule has 0 saturated carbocycles. The van der Waals surface area contributed by atoms with Gasteiger partial charge in [0.2, 0.25) is 0 Å². The van der Waals surface area contributed by atoms with E-state index in [0.717, 1.165) is 5.69 Å². The first-order valence-corrected chi connectivity index (χ1v) is 4.43. The second-order valence-electron chi connectivity index (χ2n) is 3.01. The second kappa shape index (κ2) is 5.74. The van der Waals surface area contributed by atoms with Gasteiger partial charge in [-0.15, -0.1) is 0 Å². The van der Waals surface area contributed by atoms with Gasteiger partial charge in [0, 0.05) is 14.2 Å². The van der Waals surface area contributed by atoms with Crippen molar-refractivity contribution in [2.75, 3.05) is 20.8 Å². The van der Waals surface area contributed by atoms with Crippen LogP contribution in [0, 0.1) is 0 Å². The SMILES string of the molecule is COCC(Cn1cncc1CO)OC. The number of aliphatic hydroxyl groups is 1. The topological polar surface area (TPSA) is 56.5 Å². The molecule has 14 heavy (non-hydrogen) atoms. The van der Waals surface area contributed by atoms with Crippen LogP contribution in [0.25, 0.3) is 0 Å². The Kier molecular flexibility index (Phi) is 4.58. The van der Waals surface area contributed by atoms with Crippen LogP contribution in [0.4, 0.5) is 0 Å². The largest absolute Gasteiger partial charge is 0.390 e. The lowest BCUT2D eigenvalue weighted by Gasteiger charge is -2.15. The molecule has 5 nitrogen and oxygen atoms in total. The Labute approximate surface area is 83.3 Å². The van der Waals surface area contributed by atoms with E-state index in [4.69, 9.17) is 14.6 Å². The van der Waals surface area contributed by atoms with Gasteiger partial charge in [-0.3, -0.25) is 0 Å². The summed E-state index contributed by atoms with van der Waals surface area (Å²) >= 11 is 0. The molecule has 0 aliphatic rings. The van der Waals surface area contributed by atoms with Gasteiger partial charge in [-0.05, 0) is 0 Å². The highest BCUT2D eigenvalue weighted by molar-refractivity contribution is 4.96. The summed E-state index contributed by atoms with van der Waals surface area (Å²) in [4.78, 5) is 3.95. The third-order valence-electron chi connectivity index (χ3n) is 2.05. The van der Waals surface area contributed by atoms with E-state index >= 15 is 0 Å². The molecule has 0 bridgehead atoms. The first-order chi connectivity index (χ1) is 6.81. The first-order valence-electron chi connectivity index (χ1n) is 4.43. The van der Waals surface area contributed by atoms with Gasteiger partial charge in [0.15, 0.2) is 0 Å². The van der Waals surface area contributed by atoms with Crippen LogP contribution in [-0.4, -0.2) is 41.6 Å². The Morgan fingerprint density at radius 2 is 2.36 bits per heavy atom. The summed E-state index contributed by atoms with van der Waals surface area (Å²) in [5.41, 5.74) is 0.781. The van der Waals surface area contributed by atoms with Crippen molar-refractivity contribution in [2.24, 2.45) is 0 Å². The van der Waals surface area contributed by atoms with E-state index in [2.05, 4.69) is 4.98 Å². The van der Waals surface area contributed by atoms with Crippen LogP contribution in [0.5, 0.6) is 0 Å². The van der Waals surface area contributed by atoms with Gasteiger partial charge < -0.3 is 19.1 Å². The molecule has 0 saturated heterocycles. The quantitative estimate of drug-likeness (QED) is 0.704. The lowest BCUT2D eigenvalue weighted by molar-refractivity contribution is 0.0174. The second-order valence-corrected chi connectivity index (χ2v) is 3.01. The summed E-state index contributed by atoms with van der Waals surface area (Å²) in [5, 5.41) is 8.99. The summed E-state index contributed by atoms with van der Waals surface area (Å²) < 4.78 is 12.1. The van der Waals surface area contributed by atoms with Crippen molar-refractivity contribution in [3.63, 3.8) is 0 Å². The molecular weight excluding hydrogens is 184 g/mol. The molecule has 0 aliphatic heterocycles. The maximum Gasteiger partial charge on any atom is 0.0983 e. The van der Waals surface area contributed by atoms with Gasteiger partial charge in [0.05, 0.1) is 44.1 Å². The Hall–Kier alpha value is -0.910. The Morgan fingerprint density at radius 1 is 1.57 bits per heavy atom. The van der Waals surface area contributed by atoms with Gasteiger partial charge in [-0.25, -0.2) is 4.98 Å². The highest BCUT2D eigenvalue weighted by atomic mass is 16.5. The number of hydrogen-bond donors (Lipinski definition) is 1. The number of imidazole rings is 1. The molecule has 0 aromatic carbocycles. The van der Waals surface area contributed by atoms with Crippen molar-refractivity contribution >= 4 is 0 Å². The summed E-state index contributed by atoms with van der Waals surface area (Å²) in [6.45, 7) is 1.16. The van der Waals surface area contributed by atoms with E-state index in [1.165, 1.54) is 0 Å². The highest BCUT2D eigenvalue weighted by Crippen LogP contribution is 2.03. The lowest BCUT2D eigenvalue weighted by Crippen LogP contribution is -2.24. The number of hydrogen-bond acceptors (Lipinski definition) is 4. The molecule has 1 N–H and O–H groups in total. The molecule has 0 aliphatic carbocycles. The van der Waals surface area contributed by atoms with Gasteiger partial charge in [0.25, 0.3) is 0 Å². The van der Waals surface area contributed by atoms with Crippen LogP contribution in [-0.2, 0) is 22.6 Å². The van der Waals surface area contributed by atoms with Crippen molar-refractivity contribution in [1.82, 2.24) is 9.55 Å². The van der Waals surface area contributed by atoms with Crippen LogP contribution in [0.15, 0.2) is 12.5 Å². The number of aromatic nitrogens is 2. The van der Waals surface area contributed by atoms with Crippen molar-refractivity contribution < 1.29 is 14.6 Å². The van der Waals surface area contributed by atoms with E-state index in [0.29, 0.717) is 13.2 Å². The summed E-state index contributed by atoms with van der Waals surface area (Å²) in [6.07, 6.45) is 3.30. The fourth-order valence-corrected chi connectivity index (χ4v) is 1.24. The van der Waals surface area contributed by atoms with Crippen LogP contribution < -0.4 is 0 Å². The van der Waals surface area contributed by atoms with E-state index in [1.807, 2.05) is 4.57 Å². The minimum atomic E-state index is -0.0144. The summed E-state index contributed by atoms with van der Waals surface area (Å²) in [6, 6.07) is 0. The molecule has 1 aromatic rings. The molecule has 1 rings (SSSR count). The van der Waals surface area contributed by atoms with Crippen LogP contribution in [0.3, 0.4) is 0 Å². The maximum atomic E-state index is 8.99. The molecule has 0 radical (unpaired) electrons. The Balaban J connectivity index is 2.56. The maximum absolute atomic E-state index is 8.99. The fraction of sp³-hybridized carbons (Fsp3) is 0.667. The third-order valence-corrected chi connectivity index (χ3v) is 2.05. The fourth-order valence-electron chi connectivity index (χ4n) is 1.24. The van der Waals surface area contributed by atoms with Gasteiger partial charge in [-0.1, -0.05) is 0 Å². The van der Waals surface area contributed by atoms with Gasteiger partial charge in [0.1, 0.15) is 0 Å². The zero-order valence-corrected chi connectivity index (χ0v) is 8.51. The molecular formula is C9H16N2O3. The minimum absolute atomic E-state index is 0.0105. The number of nitrogens with zero attached hydrogens (tertiary/aromatic N) is 2. The smallest absolute Gasteiger partial charge is 0.0983 e. The molecule has 1 aromatic heterocycles. The molecule has 80 valence electrons. The van der Waals surface area contributed by atoms with E-state index in [-0.39, 0.29) is 12.7 Å². The van der Waals surface area contributed by atoms with Crippen molar-refractivity contribution in [2.45, 2.75) is 19.3 Å². The minimum Gasteiger partial charge on any atom is -0.390 e. The molecule has 0 fully saturated rings. The van der Waals surface area contributed by atoms with Crippen molar-refractivity contribution in [3.8, 4) is 0 Å². The monoisotopic (exact) mass is 200 g/mol. The first kappa shape index (κ1) is 11.2. The molecule has 5 heteroatoms. The third kappa shape index (κ3) is 2.80. The number of methoxy groups -OCH3 is 2. The number of ether oxygens (including phenoxy) is 2. The highest BCUT2D eigenvalue weighted by Gasteiger charge is 2.09. The summed E-state index contributed by atoms with van der Waals surface area (Å²) in [5.74, 6) is 0. The molecule has 0 amide bonds. The van der Waals surface area contributed by atoms with E-state index in [9.17, 15) is 0 Å². The van der Waals surface area contributed by atoms with Crippen molar-refractivity contribution in [3.05, 3.63) is 18.2 Å². The predicted molar refractivity (Wildman–Crippen MR) is 50.8 cm³/mol. The predicted octanol–water partition coefficient (Wildman–Crippen LogP) is 0.0368. The number of rotatable bonds is 6. The standard InChI is InChI=1S/C9H16N2O3/c1-13-6-9(14-2)4-11-7-10-3-8(11)5-12/h3,7,9,12H,4-6H2,1-2H3. The molecule has 0 spiro atoms. The van der Waals surface area contributed by atoms with Crippen molar-refractivity contribution in [1.29, 1.82) is 0 Å². The van der Waals surface area contributed by atoms with E-state index in [1.54, 1.807) is 26.7 Å². The Morgan fingerprint density at radius 3 is 2.93 bits per heavy atom. The number of aliphatic hydroxyl groups excluding tert-OH is 1. The summed E-state index contributed by atoms with van der Waals surface area (Å²) in [7, 11) is 3.27. The van der Waals surface area contributed by atoms with Gasteiger partial charge >= 0.3 is 0 Å². The van der Waals surface area contributed by atoms with Gasteiger partial charge in [-0.2, -0.15) is 0 Å². The molecule has 1 atom stereocenters. The normalized spacial score (nSPS) is 13.1. The average molecular weight is 200 g/mol. The van der Waals surface area contributed by atoms with Crippen LogP contribution in [0.2, 0.25) is 0 Å². The average Bonchev–Trinajstić information content (AvgIpc) is 2.64. The molecule has 1 unspecified atom stereocenters. The zero-order chi connectivity index (χ0) is 10.4. The molecule has 1 heterocycles.